The molecule has 0 spiro atoms. The van der Waals surface area contributed by atoms with Crippen LogP contribution in [0, 0.1) is 35.5 Å². The van der Waals surface area contributed by atoms with Crippen LogP contribution in [0.15, 0.2) is 22.7 Å². The van der Waals surface area contributed by atoms with Gasteiger partial charge in [-0.05, 0) is 43.7 Å². The van der Waals surface area contributed by atoms with Gasteiger partial charge in [0.2, 0.25) is 0 Å². The lowest BCUT2D eigenvalue weighted by Crippen LogP contribution is -2.25. The number of benzene rings is 1. The summed E-state index contributed by atoms with van der Waals surface area (Å²) in [4.78, 5) is 2.14. The molecule has 0 saturated heterocycles. The van der Waals surface area contributed by atoms with Gasteiger partial charge in [0.25, 0.3) is 0 Å². The van der Waals surface area contributed by atoms with Gasteiger partial charge in [-0.2, -0.15) is 10.5 Å². The summed E-state index contributed by atoms with van der Waals surface area (Å²) < 4.78 is 1.08. The highest BCUT2D eigenvalue weighted by Gasteiger charge is 2.11. The first kappa shape index (κ1) is 15.7. The molecule has 19 heavy (non-hydrogen) atoms. The largest absolute Gasteiger partial charge is 0.301 e. The standard InChI is InChI=1S/C15H18BrN3/c1-12-8-15(16)6-5-14(12)11-19(2)10-13(9-18)4-3-7-17/h5-6,8,13H,3-4,10-11H2,1-2H3/t13-/m0/s1. The Morgan fingerprint density at radius 3 is 2.68 bits per heavy atom. The van der Waals surface area contributed by atoms with E-state index < -0.39 is 0 Å². The molecular formula is C15H18BrN3. The molecule has 0 aromatic heterocycles. The van der Waals surface area contributed by atoms with E-state index in [1.807, 2.05) is 13.1 Å². The number of hydrogen-bond donors (Lipinski definition) is 0. The maximum atomic E-state index is 9.07. The van der Waals surface area contributed by atoms with E-state index in [1.165, 1.54) is 11.1 Å². The minimum Gasteiger partial charge on any atom is -0.301 e. The van der Waals surface area contributed by atoms with Crippen LogP contribution in [0.2, 0.25) is 0 Å². The Morgan fingerprint density at radius 2 is 2.11 bits per heavy atom. The minimum absolute atomic E-state index is 0.0691. The molecule has 0 bridgehead atoms. The van der Waals surface area contributed by atoms with Crippen LogP contribution in [0.4, 0.5) is 0 Å². The Balaban J connectivity index is 2.57. The molecule has 3 nitrogen and oxygen atoms in total. The van der Waals surface area contributed by atoms with Crippen molar-refractivity contribution < 1.29 is 0 Å². The molecule has 0 aliphatic rings. The Labute approximate surface area is 123 Å². The summed E-state index contributed by atoms with van der Waals surface area (Å²) in [6, 6.07) is 10.6. The zero-order valence-electron chi connectivity index (χ0n) is 11.4. The first-order valence-electron chi connectivity index (χ1n) is 6.27. The van der Waals surface area contributed by atoms with Gasteiger partial charge in [-0.3, -0.25) is 0 Å². The summed E-state index contributed by atoms with van der Waals surface area (Å²) >= 11 is 3.46. The van der Waals surface area contributed by atoms with Crippen molar-refractivity contribution in [2.24, 2.45) is 5.92 Å². The first-order valence-corrected chi connectivity index (χ1v) is 7.06. The predicted molar refractivity (Wildman–Crippen MR) is 79.2 cm³/mol. The first-order chi connectivity index (χ1) is 9.06. The predicted octanol–water partition coefficient (Wildman–Crippen LogP) is 3.63. The molecule has 1 rings (SSSR count). The maximum absolute atomic E-state index is 9.07. The van der Waals surface area contributed by atoms with E-state index in [9.17, 15) is 0 Å². The number of rotatable bonds is 6. The molecule has 100 valence electrons. The van der Waals surface area contributed by atoms with Crippen LogP contribution in [0.25, 0.3) is 0 Å². The van der Waals surface area contributed by atoms with Gasteiger partial charge >= 0.3 is 0 Å². The van der Waals surface area contributed by atoms with Crippen LogP contribution in [-0.2, 0) is 6.54 Å². The monoisotopic (exact) mass is 319 g/mol. The molecule has 4 heteroatoms. The van der Waals surface area contributed by atoms with Crippen molar-refractivity contribution in [1.29, 1.82) is 10.5 Å². The zero-order chi connectivity index (χ0) is 14.3. The second kappa shape index (κ2) is 7.94. The van der Waals surface area contributed by atoms with E-state index in [2.05, 4.69) is 52.0 Å². The van der Waals surface area contributed by atoms with Crippen LogP contribution in [0.5, 0.6) is 0 Å². The van der Waals surface area contributed by atoms with Gasteiger partial charge in [0.1, 0.15) is 0 Å². The van der Waals surface area contributed by atoms with Crippen molar-refractivity contribution in [3.63, 3.8) is 0 Å². The van der Waals surface area contributed by atoms with Crippen molar-refractivity contribution in [2.45, 2.75) is 26.3 Å². The molecule has 0 amide bonds. The number of hydrogen-bond acceptors (Lipinski definition) is 3. The normalized spacial score (nSPS) is 11.9. The van der Waals surface area contributed by atoms with Crippen LogP contribution >= 0.6 is 15.9 Å². The average molecular weight is 320 g/mol. The van der Waals surface area contributed by atoms with Gasteiger partial charge in [-0.25, -0.2) is 0 Å². The van der Waals surface area contributed by atoms with Crippen LogP contribution < -0.4 is 0 Å². The van der Waals surface area contributed by atoms with Crippen LogP contribution in [-0.4, -0.2) is 18.5 Å². The van der Waals surface area contributed by atoms with Gasteiger partial charge < -0.3 is 4.90 Å². The zero-order valence-corrected chi connectivity index (χ0v) is 12.9. The molecule has 0 heterocycles. The summed E-state index contributed by atoms with van der Waals surface area (Å²) in [7, 11) is 2.01. The maximum Gasteiger partial charge on any atom is 0.0669 e. The molecular weight excluding hydrogens is 302 g/mol. The third-order valence-corrected chi connectivity index (χ3v) is 3.56. The summed E-state index contributed by atoms with van der Waals surface area (Å²) in [5, 5.41) is 17.6. The van der Waals surface area contributed by atoms with Gasteiger partial charge in [0.15, 0.2) is 0 Å². The molecule has 0 saturated carbocycles. The Morgan fingerprint density at radius 1 is 1.37 bits per heavy atom. The number of aryl methyl sites for hydroxylation is 1. The highest BCUT2D eigenvalue weighted by Crippen LogP contribution is 2.17. The highest BCUT2D eigenvalue weighted by atomic mass is 79.9. The average Bonchev–Trinajstić information content (AvgIpc) is 2.38. The van der Waals surface area contributed by atoms with Crippen molar-refractivity contribution >= 4 is 15.9 Å². The van der Waals surface area contributed by atoms with Gasteiger partial charge in [0.05, 0.1) is 18.1 Å². The molecule has 0 radical (unpaired) electrons. The lowest BCUT2D eigenvalue weighted by atomic mass is 10.0. The van der Waals surface area contributed by atoms with E-state index in [-0.39, 0.29) is 5.92 Å². The number of halogens is 1. The third-order valence-electron chi connectivity index (χ3n) is 3.06. The second-order valence-electron chi connectivity index (χ2n) is 4.79. The van der Waals surface area contributed by atoms with Crippen molar-refractivity contribution in [3.05, 3.63) is 33.8 Å². The van der Waals surface area contributed by atoms with Crippen molar-refractivity contribution in [2.75, 3.05) is 13.6 Å². The molecule has 1 aromatic carbocycles. The lowest BCUT2D eigenvalue weighted by molar-refractivity contribution is 0.289. The van der Waals surface area contributed by atoms with E-state index >= 15 is 0 Å². The summed E-state index contributed by atoms with van der Waals surface area (Å²) in [6.07, 6.45) is 1.10. The highest BCUT2D eigenvalue weighted by molar-refractivity contribution is 9.10. The Kier molecular flexibility index (Phi) is 6.56. The molecule has 0 aliphatic heterocycles. The molecule has 1 atom stereocenters. The van der Waals surface area contributed by atoms with Crippen LogP contribution in [0.3, 0.4) is 0 Å². The topological polar surface area (TPSA) is 50.8 Å². The minimum atomic E-state index is -0.0691. The summed E-state index contributed by atoms with van der Waals surface area (Å²) in [5.74, 6) is -0.0691. The van der Waals surface area contributed by atoms with Gasteiger partial charge in [-0.1, -0.05) is 22.0 Å². The van der Waals surface area contributed by atoms with Crippen molar-refractivity contribution in [3.8, 4) is 12.1 Å². The summed E-state index contributed by atoms with van der Waals surface area (Å²) in [5.41, 5.74) is 2.51. The smallest absolute Gasteiger partial charge is 0.0669 e. The number of nitriles is 2. The fourth-order valence-corrected chi connectivity index (χ4v) is 2.48. The van der Waals surface area contributed by atoms with E-state index in [1.54, 1.807) is 0 Å². The fourth-order valence-electron chi connectivity index (χ4n) is 2.00. The summed E-state index contributed by atoms with van der Waals surface area (Å²) in [6.45, 7) is 3.61. The van der Waals surface area contributed by atoms with Gasteiger partial charge in [-0.15, -0.1) is 0 Å². The SMILES string of the molecule is Cc1cc(Br)ccc1CN(C)C[C@H](C#N)CCC#N. The Bertz CT molecular complexity index is 499. The number of nitrogens with zero attached hydrogens (tertiary/aromatic N) is 3. The molecule has 0 aliphatic carbocycles. The lowest BCUT2D eigenvalue weighted by Gasteiger charge is -2.20. The van der Waals surface area contributed by atoms with Crippen LogP contribution in [0.1, 0.15) is 24.0 Å². The Hall–Kier alpha value is -1.36. The van der Waals surface area contributed by atoms with E-state index in [4.69, 9.17) is 10.5 Å². The quantitative estimate of drug-likeness (QED) is 0.804. The fraction of sp³-hybridized carbons (Fsp3) is 0.467. The molecule has 0 unspecified atom stereocenters. The molecule has 0 N–H and O–H groups in total. The van der Waals surface area contributed by atoms with E-state index in [0.717, 1.165) is 11.0 Å². The second-order valence-corrected chi connectivity index (χ2v) is 5.71. The van der Waals surface area contributed by atoms with Gasteiger partial charge in [0, 0.05) is 24.0 Å². The van der Waals surface area contributed by atoms with E-state index in [0.29, 0.717) is 19.4 Å². The third kappa shape index (κ3) is 5.42. The molecule has 0 fully saturated rings. The molecule has 1 aromatic rings. The van der Waals surface area contributed by atoms with Crippen molar-refractivity contribution in [1.82, 2.24) is 4.90 Å².